The number of hydrogen-bond donors (Lipinski definition) is 0. The van der Waals surface area contributed by atoms with Gasteiger partial charge in [0.05, 0.1) is 25.5 Å². The van der Waals surface area contributed by atoms with Gasteiger partial charge in [0.15, 0.2) is 0 Å². The molecule has 0 N–H and O–H groups in total. The summed E-state index contributed by atoms with van der Waals surface area (Å²) in [6, 6.07) is 4.20. The average Bonchev–Trinajstić information content (AvgIpc) is 2.97. The summed E-state index contributed by atoms with van der Waals surface area (Å²) < 4.78 is 17.0. The first-order valence-corrected chi connectivity index (χ1v) is 7.90. The van der Waals surface area contributed by atoms with Crippen molar-refractivity contribution in [1.82, 2.24) is 9.88 Å². The van der Waals surface area contributed by atoms with Crippen LogP contribution in [0, 0.1) is 0 Å². The number of pyridine rings is 1. The van der Waals surface area contributed by atoms with Gasteiger partial charge in [-0.25, -0.2) is 0 Å². The minimum absolute atomic E-state index is 0.285. The zero-order chi connectivity index (χ0) is 15.2. The molecule has 2 aliphatic heterocycles. The molecule has 0 radical (unpaired) electrons. The Bertz CT molecular complexity index is 492. The van der Waals surface area contributed by atoms with Gasteiger partial charge in [0.25, 0.3) is 0 Å². The molecule has 0 amide bonds. The molecule has 0 unspecified atom stereocenters. The first kappa shape index (κ1) is 15.5. The molecule has 0 aromatic carbocycles. The van der Waals surface area contributed by atoms with Crippen molar-refractivity contribution >= 4 is 0 Å². The van der Waals surface area contributed by atoms with E-state index >= 15 is 0 Å². The summed E-state index contributed by atoms with van der Waals surface area (Å²) in [7, 11) is 1.79. The average molecular weight is 304 g/mol. The second-order valence-electron chi connectivity index (χ2n) is 5.88. The molecule has 5 nitrogen and oxygen atoms in total. The van der Waals surface area contributed by atoms with Gasteiger partial charge in [0.2, 0.25) is 0 Å². The van der Waals surface area contributed by atoms with Crippen LogP contribution in [0.5, 0.6) is 5.75 Å². The van der Waals surface area contributed by atoms with Crippen LogP contribution in [0.3, 0.4) is 0 Å². The molecular formula is C17H24N2O3. The van der Waals surface area contributed by atoms with E-state index in [-0.39, 0.29) is 6.10 Å². The molecule has 5 heteroatoms. The van der Waals surface area contributed by atoms with E-state index in [1.807, 2.05) is 12.1 Å². The zero-order valence-corrected chi connectivity index (χ0v) is 13.1. The van der Waals surface area contributed by atoms with E-state index in [1.54, 1.807) is 19.5 Å². The van der Waals surface area contributed by atoms with Gasteiger partial charge >= 0.3 is 0 Å². The highest BCUT2D eigenvalue weighted by Gasteiger charge is 2.33. The molecule has 2 atom stereocenters. The predicted octanol–water partition coefficient (Wildman–Crippen LogP) is 1.90. The Hall–Kier alpha value is -1.43. The Morgan fingerprint density at radius 2 is 2.41 bits per heavy atom. The van der Waals surface area contributed by atoms with Crippen molar-refractivity contribution in [1.29, 1.82) is 0 Å². The lowest BCUT2D eigenvalue weighted by Crippen LogP contribution is -2.36. The number of likely N-dealkylation sites (tertiary alicyclic amines) is 1. The molecule has 120 valence electrons. The Morgan fingerprint density at radius 1 is 1.45 bits per heavy atom. The first-order valence-electron chi connectivity index (χ1n) is 7.90. The quantitative estimate of drug-likeness (QED) is 0.751. The molecule has 3 rings (SSSR count). The van der Waals surface area contributed by atoms with Crippen LogP contribution < -0.4 is 4.74 Å². The van der Waals surface area contributed by atoms with Crippen LogP contribution in [0.4, 0.5) is 0 Å². The summed E-state index contributed by atoms with van der Waals surface area (Å²) >= 11 is 0. The summed E-state index contributed by atoms with van der Waals surface area (Å²) in [5.41, 5.74) is 1.37. The van der Waals surface area contributed by atoms with Crippen LogP contribution in [0.2, 0.25) is 0 Å². The molecule has 0 spiro atoms. The molecule has 3 heterocycles. The van der Waals surface area contributed by atoms with E-state index in [4.69, 9.17) is 14.2 Å². The number of ether oxygens (including phenoxy) is 3. The number of hydrogen-bond acceptors (Lipinski definition) is 5. The lowest BCUT2D eigenvalue weighted by Gasteiger charge is -2.26. The van der Waals surface area contributed by atoms with Gasteiger partial charge in [0, 0.05) is 32.4 Å². The van der Waals surface area contributed by atoms with E-state index in [0.717, 1.165) is 44.9 Å². The molecular weight excluding hydrogens is 280 g/mol. The summed E-state index contributed by atoms with van der Waals surface area (Å²) in [6.45, 7) is 4.16. The Balaban J connectivity index is 1.58. The standard InChI is InChI=1S/C17H24N2O3/c1-20-17-8-15(13-22-16-5-2-6-18-9-16)19(11-17)10-14-4-3-7-21-12-14/h2,4-6,9,15,17H,3,7-8,10-13H2,1H3/t15-,17+/m0/s1. The number of nitrogens with zero attached hydrogens (tertiary/aromatic N) is 2. The molecule has 2 aliphatic rings. The Labute approximate surface area is 131 Å². The molecule has 1 aromatic rings. The molecule has 1 aromatic heterocycles. The maximum Gasteiger partial charge on any atom is 0.137 e. The third kappa shape index (κ3) is 4.06. The SMILES string of the molecule is CO[C@@H]1C[C@@H](COc2cccnc2)N(CC2=CCCOC2)C1. The number of rotatable bonds is 6. The molecule has 0 bridgehead atoms. The van der Waals surface area contributed by atoms with Crippen LogP contribution in [0.25, 0.3) is 0 Å². The normalized spacial score (nSPS) is 26.0. The maximum atomic E-state index is 5.89. The van der Waals surface area contributed by atoms with Crippen molar-refractivity contribution in [2.75, 3.05) is 40.0 Å². The van der Waals surface area contributed by atoms with Crippen molar-refractivity contribution < 1.29 is 14.2 Å². The first-order chi connectivity index (χ1) is 10.8. The summed E-state index contributed by atoms with van der Waals surface area (Å²) in [5, 5.41) is 0. The summed E-state index contributed by atoms with van der Waals surface area (Å²) in [4.78, 5) is 6.53. The lowest BCUT2D eigenvalue weighted by molar-refractivity contribution is 0.107. The van der Waals surface area contributed by atoms with Gasteiger partial charge in [-0.1, -0.05) is 6.08 Å². The van der Waals surface area contributed by atoms with Gasteiger partial charge in [-0.05, 0) is 30.5 Å². The van der Waals surface area contributed by atoms with Gasteiger partial charge in [0.1, 0.15) is 12.4 Å². The van der Waals surface area contributed by atoms with E-state index in [2.05, 4.69) is 16.0 Å². The predicted molar refractivity (Wildman–Crippen MR) is 84.0 cm³/mol. The smallest absolute Gasteiger partial charge is 0.137 e. The maximum absolute atomic E-state index is 5.89. The highest BCUT2D eigenvalue weighted by molar-refractivity contribution is 5.15. The molecule has 1 saturated heterocycles. The fourth-order valence-corrected chi connectivity index (χ4v) is 3.08. The Kier molecular flexibility index (Phi) is 5.43. The van der Waals surface area contributed by atoms with Gasteiger partial charge < -0.3 is 14.2 Å². The third-order valence-electron chi connectivity index (χ3n) is 4.29. The van der Waals surface area contributed by atoms with Crippen molar-refractivity contribution in [2.45, 2.75) is 25.0 Å². The summed E-state index contributed by atoms with van der Waals surface area (Å²) in [5.74, 6) is 0.823. The van der Waals surface area contributed by atoms with Crippen LogP contribution >= 0.6 is 0 Å². The van der Waals surface area contributed by atoms with Crippen molar-refractivity contribution in [3.8, 4) is 5.75 Å². The van der Waals surface area contributed by atoms with Crippen molar-refractivity contribution in [3.63, 3.8) is 0 Å². The van der Waals surface area contributed by atoms with E-state index in [1.165, 1.54) is 5.57 Å². The lowest BCUT2D eigenvalue weighted by atomic mass is 10.1. The third-order valence-corrected chi connectivity index (χ3v) is 4.29. The fraction of sp³-hybridized carbons (Fsp3) is 0.588. The highest BCUT2D eigenvalue weighted by Crippen LogP contribution is 2.23. The molecule has 1 fully saturated rings. The Morgan fingerprint density at radius 3 is 3.14 bits per heavy atom. The van der Waals surface area contributed by atoms with Crippen LogP contribution in [-0.2, 0) is 9.47 Å². The monoisotopic (exact) mass is 304 g/mol. The van der Waals surface area contributed by atoms with Crippen molar-refractivity contribution in [2.24, 2.45) is 0 Å². The van der Waals surface area contributed by atoms with Crippen LogP contribution in [-0.4, -0.2) is 62.0 Å². The fourth-order valence-electron chi connectivity index (χ4n) is 3.08. The zero-order valence-electron chi connectivity index (χ0n) is 13.1. The number of aromatic nitrogens is 1. The molecule has 0 aliphatic carbocycles. The second-order valence-corrected chi connectivity index (χ2v) is 5.88. The topological polar surface area (TPSA) is 43.8 Å². The molecule has 22 heavy (non-hydrogen) atoms. The van der Waals surface area contributed by atoms with E-state index < -0.39 is 0 Å². The van der Waals surface area contributed by atoms with Crippen LogP contribution in [0.15, 0.2) is 36.2 Å². The minimum atomic E-state index is 0.285. The van der Waals surface area contributed by atoms with Gasteiger partial charge in [-0.15, -0.1) is 0 Å². The molecule has 0 saturated carbocycles. The minimum Gasteiger partial charge on any atom is -0.490 e. The van der Waals surface area contributed by atoms with Gasteiger partial charge in [-0.3, -0.25) is 9.88 Å². The van der Waals surface area contributed by atoms with Crippen molar-refractivity contribution in [3.05, 3.63) is 36.2 Å². The van der Waals surface area contributed by atoms with Gasteiger partial charge in [-0.2, -0.15) is 0 Å². The highest BCUT2D eigenvalue weighted by atomic mass is 16.5. The van der Waals surface area contributed by atoms with E-state index in [0.29, 0.717) is 12.6 Å². The van der Waals surface area contributed by atoms with E-state index in [9.17, 15) is 0 Å². The summed E-state index contributed by atoms with van der Waals surface area (Å²) in [6.07, 6.45) is 8.13. The second kappa shape index (κ2) is 7.72. The van der Waals surface area contributed by atoms with Crippen LogP contribution in [0.1, 0.15) is 12.8 Å². The largest absolute Gasteiger partial charge is 0.490 e. The number of methoxy groups -OCH3 is 1.